The first-order valence-electron chi connectivity index (χ1n) is 11.8. The summed E-state index contributed by atoms with van der Waals surface area (Å²) in [7, 11) is 2.15. The van der Waals surface area contributed by atoms with Crippen LogP contribution in [-0.4, -0.2) is 58.1 Å². The van der Waals surface area contributed by atoms with E-state index in [9.17, 15) is 4.79 Å². The van der Waals surface area contributed by atoms with Gasteiger partial charge in [-0.25, -0.2) is 9.97 Å². The topological polar surface area (TPSA) is 106 Å². The van der Waals surface area contributed by atoms with Crippen LogP contribution in [0.1, 0.15) is 18.7 Å². The molecule has 3 N–H and O–H groups in total. The Morgan fingerprint density at radius 2 is 1.89 bits per heavy atom. The Morgan fingerprint density at radius 1 is 1.06 bits per heavy atom. The fraction of sp³-hybridized carbons (Fsp3) is 0.269. The summed E-state index contributed by atoms with van der Waals surface area (Å²) in [6.07, 6.45) is 3.01. The number of fused-ring (bicyclic) bond motifs is 2. The molecule has 1 aliphatic rings. The maximum atomic E-state index is 13.3. The predicted molar refractivity (Wildman–Crippen MR) is 138 cm³/mol. The number of anilines is 2. The van der Waals surface area contributed by atoms with Gasteiger partial charge in [-0.15, -0.1) is 0 Å². The number of nitrogens with zero attached hydrogens (tertiary/aromatic N) is 4. The quantitative estimate of drug-likeness (QED) is 0.357. The van der Waals surface area contributed by atoms with Crippen molar-refractivity contribution in [1.82, 2.24) is 24.8 Å². The van der Waals surface area contributed by atoms with Gasteiger partial charge in [-0.3, -0.25) is 4.79 Å². The number of oxazole rings is 1. The molecule has 0 unspecified atom stereocenters. The smallest absolute Gasteiger partial charge is 0.261 e. The highest BCUT2D eigenvalue weighted by atomic mass is 16.3. The van der Waals surface area contributed by atoms with E-state index in [2.05, 4.69) is 49.2 Å². The Labute approximate surface area is 201 Å². The standard InChI is InChI=1S/C26H27N7O2/c1-16(22-14-35-15-27-22)28-24-18-5-3-4-6-19(18)31-26(34)23(24)25-29-20-8-7-17(13-21(20)30-25)33-11-9-32(2)10-12-33/h3-8,13-16H,9-12H2,1-2H3,(H,29,30)(H2,28,31,34)/t16-/m1/s1. The van der Waals surface area contributed by atoms with E-state index in [0.29, 0.717) is 17.1 Å². The molecule has 0 aliphatic carbocycles. The number of pyridine rings is 1. The number of rotatable bonds is 5. The van der Waals surface area contributed by atoms with Gasteiger partial charge in [0.05, 0.1) is 28.3 Å². The molecular formula is C26H27N7O2. The molecule has 5 aromatic rings. The normalized spacial score (nSPS) is 15.7. The average molecular weight is 470 g/mol. The predicted octanol–water partition coefficient (Wildman–Crippen LogP) is 3.98. The van der Waals surface area contributed by atoms with Crippen molar-refractivity contribution in [3.63, 3.8) is 0 Å². The number of H-pyrrole nitrogens is 2. The summed E-state index contributed by atoms with van der Waals surface area (Å²) in [5, 5.41) is 4.39. The molecule has 1 aliphatic heterocycles. The van der Waals surface area contributed by atoms with Gasteiger partial charge in [0.2, 0.25) is 0 Å². The lowest BCUT2D eigenvalue weighted by Gasteiger charge is -2.34. The third kappa shape index (κ3) is 3.93. The van der Waals surface area contributed by atoms with E-state index in [0.717, 1.165) is 59.5 Å². The fourth-order valence-corrected chi connectivity index (χ4v) is 4.72. The summed E-state index contributed by atoms with van der Waals surface area (Å²) in [4.78, 5) is 33.6. The van der Waals surface area contributed by atoms with Gasteiger partial charge in [0.25, 0.3) is 5.56 Å². The Hall–Kier alpha value is -4.11. The summed E-state index contributed by atoms with van der Waals surface area (Å²) in [6, 6.07) is 13.8. The van der Waals surface area contributed by atoms with Gasteiger partial charge in [0.15, 0.2) is 6.39 Å². The van der Waals surface area contributed by atoms with Crippen LogP contribution in [-0.2, 0) is 0 Å². The van der Waals surface area contributed by atoms with Crippen LogP contribution in [0.5, 0.6) is 0 Å². The van der Waals surface area contributed by atoms with Crippen molar-refractivity contribution in [2.24, 2.45) is 0 Å². The van der Waals surface area contributed by atoms with Gasteiger partial charge < -0.3 is 29.5 Å². The van der Waals surface area contributed by atoms with Crippen molar-refractivity contribution in [3.8, 4) is 11.4 Å². The van der Waals surface area contributed by atoms with Crippen molar-refractivity contribution in [2.75, 3.05) is 43.4 Å². The molecular weight excluding hydrogens is 442 g/mol. The molecule has 0 amide bonds. The zero-order valence-corrected chi connectivity index (χ0v) is 19.7. The van der Waals surface area contributed by atoms with E-state index >= 15 is 0 Å². The van der Waals surface area contributed by atoms with Crippen LogP contribution in [0.4, 0.5) is 11.4 Å². The zero-order chi connectivity index (χ0) is 23.9. The number of aromatic nitrogens is 4. The molecule has 3 aromatic heterocycles. The number of piperazine rings is 1. The van der Waals surface area contributed by atoms with Crippen LogP contribution in [0.3, 0.4) is 0 Å². The van der Waals surface area contributed by atoms with E-state index < -0.39 is 0 Å². The number of nitrogens with one attached hydrogen (secondary N) is 3. The largest absolute Gasteiger partial charge is 0.451 e. The summed E-state index contributed by atoms with van der Waals surface area (Å²) in [6.45, 7) is 6.04. The molecule has 0 spiro atoms. The number of benzene rings is 2. The molecule has 0 bridgehead atoms. The molecule has 2 aromatic carbocycles. The minimum Gasteiger partial charge on any atom is -0.451 e. The molecule has 178 valence electrons. The van der Waals surface area contributed by atoms with Crippen molar-refractivity contribution < 1.29 is 4.42 Å². The van der Waals surface area contributed by atoms with Crippen LogP contribution in [0, 0.1) is 0 Å². The number of hydrogen-bond donors (Lipinski definition) is 3. The number of imidazole rings is 1. The van der Waals surface area contributed by atoms with Gasteiger partial charge in [0.1, 0.15) is 23.3 Å². The van der Waals surface area contributed by atoms with Crippen LogP contribution in [0.25, 0.3) is 33.3 Å². The molecule has 9 heteroatoms. The average Bonchev–Trinajstić information content (AvgIpc) is 3.54. The summed E-state index contributed by atoms with van der Waals surface area (Å²) < 4.78 is 5.16. The highest BCUT2D eigenvalue weighted by Gasteiger charge is 2.21. The first kappa shape index (κ1) is 21.4. The lowest BCUT2D eigenvalue weighted by Crippen LogP contribution is -2.44. The lowest BCUT2D eigenvalue weighted by molar-refractivity contribution is 0.313. The second kappa shape index (κ2) is 8.59. The van der Waals surface area contributed by atoms with Crippen molar-refractivity contribution in [1.29, 1.82) is 0 Å². The van der Waals surface area contributed by atoms with Gasteiger partial charge in [-0.2, -0.15) is 0 Å². The van der Waals surface area contributed by atoms with Gasteiger partial charge in [-0.05, 0) is 38.2 Å². The van der Waals surface area contributed by atoms with Crippen LogP contribution >= 0.6 is 0 Å². The van der Waals surface area contributed by atoms with E-state index in [-0.39, 0.29) is 11.6 Å². The van der Waals surface area contributed by atoms with Crippen molar-refractivity contribution in [2.45, 2.75) is 13.0 Å². The third-order valence-corrected chi connectivity index (χ3v) is 6.75. The van der Waals surface area contributed by atoms with Gasteiger partial charge in [0, 0.05) is 37.3 Å². The second-order valence-electron chi connectivity index (χ2n) is 9.11. The van der Waals surface area contributed by atoms with Crippen molar-refractivity contribution >= 4 is 33.3 Å². The van der Waals surface area contributed by atoms with Crippen LogP contribution < -0.4 is 15.8 Å². The Kier molecular flexibility index (Phi) is 5.26. The van der Waals surface area contributed by atoms with Crippen LogP contribution in [0.2, 0.25) is 0 Å². The molecule has 6 rings (SSSR count). The second-order valence-corrected chi connectivity index (χ2v) is 9.11. The molecule has 4 heterocycles. The maximum Gasteiger partial charge on any atom is 0.261 e. The lowest BCUT2D eigenvalue weighted by atomic mass is 10.1. The first-order chi connectivity index (χ1) is 17.1. The SMILES string of the molecule is C[C@@H](Nc1c(-c2nc3ccc(N4CCN(C)CC4)cc3[nH]2)c(=O)[nH]c2ccccc12)c1cocn1. The molecule has 35 heavy (non-hydrogen) atoms. The number of aromatic amines is 2. The van der Waals surface area contributed by atoms with E-state index in [4.69, 9.17) is 9.40 Å². The van der Waals surface area contributed by atoms with Gasteiger partial charge in [-0.1, -0.05) is 18.2 Å². The highest BCUT2D eigenvalue weighted by molar-refractivity contribution is 5.99. The molecule has 9 nitrogen and oxygen atoms in total. The fourth-order valence-electron chi connectivity index (χ4n) is 4.72. The number of likely N-dealkylation sites (N-methyl/N-ethyl adjacent to an activating group) is 1. The minimum absolute atomic E-state index is 0.175. The Morgan fingerprint density at radius 3 is 2.69 bits per heavy atom. The van der Waals surface area contributed by atoms with Crippen molar-refractivity contribution in [3.05, 3.63) is 71.2 Å². The van der Waals surface area contributed by atoms with Crippen LogP contribution in [0.15, 0.2) is 64.3 Å². The monoisotopic (exact) mass is 469 g/mol. The van der Waals surface area contributed by atoms with E-state index in [1.807, 2.05) is 37.3 Å². The number of para-hydroxylation sites is 1. The van der Waals surface area contributed by atoms with Gasteiger partial charge >= 0.3 is 0 Å². The first-order valence-corrected chi connectivity index (χ1v) is 11.8. The minimum atomic E-state index is -0.211. The maximum absolute atomic E-state index is 13.3. The Bertz CT molecular complexity index is 1550. The zero-order valence-electron chi connectivity index (χ0n) is 19.7. The molecule has 1 fully saturated rings. The molecule has 1 saturated heterocycles. The van der Waals surface area contributed by atoms with E-state index in [1.165, 1.54) is 6.39 Å². The summed E-state index contributed by atoms with van der Waals surface area (Å²) in [5.41, 5.74) is 5.35. The number of hydrogen-bond acceptors (Lipinski definition) is 7. The molecule has 0 radical (unpaired) electrons. The summed E-state index contributed by atoms with van der Waals surface area (Å²) >= 11 is 0. The Balaban J connectivity index is 1.45. The molecule has 0 saturated carbocycles. The van der Waals surface area contributed by atoms with E-state index in [1.54, 1.807) is 6.26 Å². The summed E-state index contributed by atoms with van der Waals surface area (Å²) in [5.74, 6) is 0.525. The third-order valence-electron chi connectivity index (χ3n) is 6.75. The molecule has 1 atom stereocenters. The highest BCUT2D eigenvalue weighted by Crippen LogP contribution is 2.33.